The topological polar surface area (TPSA) is 92.2 Å². The number of ether oxygens (including phenoxy) is 3. The summed E-state index contributed by atoms with van der Waals surface area (Å²) in [6.45, 7) is 4.49. The number of phenols is 1. The first-order valence-electron chi connectivity index (χ1n) is 17.4. The monoisotopic (exact) mass is 675 g/mol. The molecule has 4 saturated heterocycles. The molecule has 2 bridgehead atoms. The quantitative estimate of drug-likeness (QED) is 0.263. The average molecular weight is 676 g/mol. The van der Waals surface area contributed by atoms with E-state index in [-0.39, 0.29) is 76.8 Å². The maximum atomic E-state index is 17.3. The highest BCUT2D eigenvalue weighted by molar-refractivity contribution is 6.05. The highest BCUT2D eigenvalue weighted by Gasteiger charge is 2.53. The predicted molar refractivity (Wildman–Crippen MR) is 179 cm³/mol. The van der Waals surface area contributed by atoms with E-state index in [9.17, 15) is 9.50 Å². The molecule has 5 aliphatic rings. The Bertz CT molecular complexity index is 1980. The number of hydrogen-bond acceptors (Lipinski definition) is 9. The molecule has 49 heavy (non-hydrogen) atoms. The number of piperazine rings is 1. The zero-order valence-corrected chi connectivity index (χ0v) is 27.6. The minimum Gasteiger partial charge on any atom is -0.508 e. The summed E-state index contributed by atoms with van der Waals surface area (Å²) in [6, 6.07) is 8.71. The third-order valence-corrected chi connectivity index (χ3v) is 11.6. The van der Waals surface area contributed by atoms with Crippen LogP contribution < -0.4 is 19.7 Å². The Kier molecular flexibility index (Phi) is 7.37. The van der Waals surface area contributed by atoms with Crippen LogP contribution in [0.5, 0.6) is 17.5 Å². The second kappa shape index (κ2) is 11.6. The fraction of sp³-hybridized carbons (Fsp3) is 0.514. The molecule has 0 amide bonds. The number of aromatic nitrogens is 2. The van der Waals surface area contributed by atoms with Gasteiger partial charge in [-0.05, 0) is 65.6 Å². The number of aryl methyl sites for hydroxylation is 1. The fourth-order valence-corrected chi connectivity index (χ4v) is 9.56. The first kappa shape index (κ1) is 31.1. The van der Waals surface area contributed by atoms with Crippen molar-refractivity contribution < 1.29 is 32.5 Å². The molecule has 0 radical (unpaired) electrons. The number of halogens is 3. The molecule has 6 atom stereocenters. The van der Waals surface area contributed by atoms with Gasteiger partial charge in [0, 0.05) is 45.2 Å². The summed E-state index contributed by atoms with van der Waals surface area (Å²) in [4.78, 5) is 13.7. The number of phenolic OH excluding ortho intramolecular Hbond substituents is 1. The number of alkyl halides is 1. The van der Waals surface area contributed by atoms with Gasteiger partial charge in [0.15, 0.2) is 17.4 Å². The van der Waals surface area contributed by atoms with Crippen molar-refractivity contribution in [1.82, 2.24) is 20.2 Å². The molecule has 4 aromatic rings. The Morgan fingerprint density at radius 2 is 1.96 bits per heavy atom. The van der Waals surface area contributed by atoms with Crippen molar-refractivity contribution in [3.8, 4) is 28.6 Å². The number of nitrogens with one attached hydrogen (secondary N) is 1. The molecule has 9 rings (SSSR count). The number of anilines is 1. The average Bonchev–Trinajstić information content (AvgIpc) is 3.68. The Morgan fingerprint density at radius 1 is 1.08 bits per heavy atom. The van der Waals surface area contributed by atoms with Crippen LogP contribution in [0.25, 0.3) is 32.8 Å². The predicted octanol–water partition coefficient (Wildman–Crippen LogP) is 5.53. The molecule has 0 aliphatic carbocycles. The van der Waals surface area contributed by atoms with E-state index in [0.717, 1.165) is 18.4 Å². The molecule has 0 saturated carbocycles. The van der Waals surface area contributed by atoms with Crippen LogP contribution in [-0.2, 0) is 11.2 Å². The lowest BCUT2D eigenvalue weighted by molar-refractivity contribution is 0.107. The summed E-state index contributed by atoms with van der Waals surface area (Å²) in [7, 11) is 1.67. The van der Waals surface area contributed by atoms with E-state index in [1.165, 1.54) is 6.07 Å². The molecular formula is C37H40F3N5O4. The molecule has 4 fully saturated rings. The zero-order valence-electron chi connectivity index (χ0n) is 27.6. The Morgan fingerprint density at radius 3 is 2.80 bits per heavy atom. The summed E-state index contributed by atoms with van der Waals surface area (Å²) in [5.74, 6) is -1.33. The molecule has 5 aliphatic heterocycles. The van der Waals surface area contributed by atoms with Gasteiger partial charge in [0.2, 0.25) is 0 Å². The van der Waals surface area contributed by atoms with Crippen molar-refractivity contribution in [2.45, 2.75) is 68.9 Å². The van der Waals surface area contributed by atoms with E-state index >= 15 is 8.78 Å². The standard InChI is InChI=1S/C37H40F3N5O4/c1-3-20-5-4-6-21-9-24(46)10-25(28(20)21)29-31(39)33-30-34(32(29)40)48-17-27-26-8-7-23(41-26)15-45(27)35(30)43-36(42-33)49-18-37-11-19(16-47-2)13-44(37)14-22(38)12-37/h4-6,9-10,19,22-23,26-27,41,46H,3,7-8,11-18H2,1-2H3/t19-,22+,23?,26?,27?,37-/m0/s1. The summed E-state index contributed by atoms with van der Waals surface area (Å²) >= 11 is 0. The Hall–Kier alpha value is -3.87. The summed E-state index contributed by atoms with van der Waals surface area (Å²) < 4.78 is 67.2. The van der Waals surface area contributed by atoms with Gasteiger partial charge in [0.1, 0.15) is 36.5 Å². The molecular weight excluding hydrogens is 635 g/mol. The van der Waals surface area contributed by atoms with Gasteiger partial charge in [0.25, 0.3) is 0 Å². The number of benzene rings is 3. The highest BCUT2D eigenvalue weighted by Crippen LogP contribution is 2.49. The van der Waals surface area contributed by atoms with Crippen molar-refractivity contribution in [1.29, 1.82) is 0 Å². The van der Waals surface area contributed by atoms with Crippen LogP contribution in [0.4, 0.5) is 19.0 Å². The minimum absolute atomic E-state index is 0.0433. The van der Waals surface area contributed by atoms with Crippen molar-refractivity contribution in [2.24, 2.45) is 5.92 Å². The Labute approximate surface area is 282 Å². The molecule has 6 heterocycles. The largest absolute Gasteiger partial charge is 0.508 e. The van der Waals surface area contributed by atoms with E-state index in [1.807, 2.05) is 25.1 Å². The lowest BCUT2D eigenvalue weighted by Gasteiger charge is -2.40. The Balaban J connectivity index is 1.23. The lowest BCUT2D eigenvalue weighted by atomic mass is 9.90. The smallest absolute Gasteiger partial charge is 0.319 e. The summed E-state index contributed by atoms with van der Waals surface area (Å²) in [6.07, 6.45) is 2.60. The third-order valence-electron chi connectivity index (χ3n) is 11.6. The first-order valence-corrected chi connectivity index (χ1v) is 17.4. The van der Waals surface area contributed by atoms with E-state index in [4.69, 9.17) is 19.2 Å². The molecule has 9 nitrogen and oxygen atoms in total. The molecule has 12 heteroatoms. The maximum Gasteiger partial charge on any atom is 0.319 e. The van der Waals surface area contributed by atoms with Gasteiger partial charge < -0.3 is 29.5 Å². The van der Waals surface area contributed by atoms with E-state index < -0.39 is 23.3 Å². The molecule has 258 valence electrons. The van der Waals surface area contributed by atoms with Gasteiger partial charge in [0.05, 0.1) is 29.1 Å². The number of rotatable bonds is 7. The molecule has 3 aromatic carbocycles. The van der Waals surface area contributed by atoms with Crippen LogP contribution in [0.3, 0.4) is 0 Å². The molecule has 2 N–H and O–H groups in total. The van der Waals surface area contributed by atoms with Crippen LogP contribution in [-0.4, -0.2) is 96.4 Å². The van der Waals surface area contributed by atoms with E-state index in [1.54, 1.807) is 13.2 Å². The zero-order chi connectivity index (χ0) is 33.6. The van der Waals surface area contributed by atoms with Crippen molar-refractivity contribution in [3.05, 3.63) is 47.5 Å². The highest BCUT2D eigenvalue weighted by atomic mass is 19.1. The fourth-order valence-electron chi connectivity index (χ4n) is 9.56. The lowest BCUT2D eigenvalue weighted by Crippen LogP contribution is -2.60. The van der Waals surface area contributed by atoms with Crippen LogP contribution in [0.2, 0.25) is 0 Å². The second-order valence-electron chi connectivity index (χ2n) is 14.6. The first-order chi connectivity index (χ1) is 23.8. The summed E-state index contributed by atoms with van der Waals surface area (Å²) in [5, 5.41) is 15.9. The number of methoxy groups -OCH3 is 1. The van der Waals surface area contributed by atoms with Gasteiger partial charge in [-0.1, -0.05) is 25.1 Å². The van der Waals surface area contributed by atoms with Gasteiger partial charge >= 0.3 is 6.01 Å². The number of hydrogen-bond donors (Lipinski definition) is 2. The van der Waals surface area contributed by atoms with Gasteiger partial charge in [-0.2, -0.15) is 9.97 Å². The summed E-state index contributed by atoms with van der Waals surface area (Å²) in [5.41, 5.74) is 0.123. The van der Waals surface area contributed by atoms with Crippen LogP contribution >= 0.6 is 0 Å². The van der Waals surface area contributed by atoms with Crippen LogP contribution in [0, 0.1) is 17.6 Å². The number of aromatic hydroxyl groups is 1. The molecule has 0 spiro atoms. The SMILES string of the molecule is CCc1cccc2cc(O)cc(-c3c(F)c4c5c(nc(OC[C@]67C[C@@H](F)CN6C[C@@H](COC)C7)nc5c3F)N3CC5CCC(N5)C3CO4)c12. The molecule has 3 unspecified atom stereocenters. The van der Waals surface area contributed by atoms with Crippen LogP contribution in [0.15, 0.2) is 30.3 Å². The maximum absolute atomic E-state index is 17.3. The number of fused-ring (bicyclic) bond motifs is 7. The van der Waals surface area contributed by atoms with Gasteiger partial charge in [-0.3, -0.25) is 4.90 Å². The minimum atomic E-state index is -0.973. The van der Waals surface area contributed by atoms with Crippen molar-refractivity contribution in [2.75, 3.05) is 51.5 Å². The van der Waals surface area contributed by atoms with Crippen LogP contribution in [0.1, 0.15) is 38.2 Å². The van der Waals surface area contributed by atoms with E-state index in [0.29, 0.717) is 62.1 Å². The molecule has 1 aromatic heterocycles. The van der Waals surface area contributed by atoms with Gasteiger partial charge in [-0.25, -0.2) is 13.2 Å². The van der Waals surface area contributed by atoms with Gasteiger partial charge in [-0.15, -0.1) is 0 Å². The van der Waals surface area contributed by atoms with Crippen molar-refractivity contribution in [3.63, 3.8) is 0 Å². The normalized spacial score (nSPS) is 28.9. The second-order valence-corrected chi connectivity index (χ2v) is 14.6. The number of nitrogens with zero attached hydrogens (tertiary/aromatic N) is 4. The van der Waals surface area contributed by atoms with E-state index in [2.05, 4.69) is 20.1 Å². The third kappa shape index (κ3) is 4.85. The van der Waals surface area contributed by atoms with Crippen molar-refractivity contribution >= 4 is 27.5 Å².